The van der Waals surface area contributed by atoms with Crippen LogP contribution in [0.3, 0.4) is 0 Å². The molecule has 8 nitrogen and oxygen atoms in total. The smallest absolute Gasteiger partial charge is 0.328 e. The molecule has 0 heterocycles. The molecule has 0 spiro atoms. The maximum absolute atomic E-state index is 11.9. The Hall–Kier alpha value is -2.09. The first-order valence-corrected chi connectivity index (χ1v) is 6.80. The van der Waals surface area contributed by atoms with Gasteiger partial charge in [-0.1, -0.05) is 0 Å². The lowest BCUT2D eigenvalue weighted by atomic mass is 10.1. The molecule has 0 saturated heterocycles. The Kier molecular flexibility index (Phi) is 8.85. The summed E-state index contributed by atoms with van der Waals surface area (Å²) in [6, 6.07) is -1.09. The number of ether oxygens (including phenoxy) is 2. The van der Waals surface area contributed by atoms with Crippen LogP contribution in [0, 0.1) is 5.41 Å². The van der Waals surface area contributed by atoms with Crippen molar-refractivity contribution in [2.75, 3.05) is 7.11 Å². The summed E-state index contributed by atoms with van der Waals surface area (Å²) in [7, 11) is 1.20. The van der Waals surface area contributed by atoms with E-state index in [0.29, 0.717) is 6.21 Å². The lowest BCUT2D eigenvalue weighted by Gasteiger charge is -2.20. The van der Waals surface area contributed by atoms with Crippen LogP contribution in [0.2, 0.25) is 0 Å². The molecular weight excluding hydrogens is 292 g/mol. The molecule has 0 unspecified atom stereocenters. The zero-order chi connectivity index (χ0) is 17.3. The van der Waals surface area contributed by atoms with Gasteiger partial charge >= 0.3 is 5.97 Å². The molecular formula is C14H22N2O6. The van der Waals surface area contributed by atoms with E-state index in [0.717, 1.165) is 0 Å². The second-order valence-corrected chi connectivity index (χ2v) is 4.92. The van der Waals surface area contributed by atoms with Crippen molar-refractivity contribution in [3.63, 3.8) is 0 Å². The second-order valence-electron chi connectivity index (χ2n) is 4.92. The van der Waals surface area contributed by atoms with Crippen LogP contribution in [0.1, 0.15) is 33.6 Å². The Bertz CT molecular complexity index is 447. The Labute approximate surface area is 129 Å². The molecule has 0 aromatic heterocycles. The fourth-order valence-corrected chi connectivity index (χ4v) is 1.63. The first-order chi connectivity index (χ1) is 10.2. The van der Waals surface area contributed by atoms with E-state index in [1.807, 2.05) is 0 Å². The summed E-state index contributed by atoms with van der Waals surface area (Å²) in [5.74, 6) is -2.47. The average Bonchev–Trinajstić information content (AvgIpc) is 2.42. The number of amides is 1. The Morgan fingerprint density at radius 2 is 1.82 bits per heavy atom. The van der Waals surface area contributed by atoms with Crippen molar-refractivity contribution in [1.29, 1.82) is 5.41 Å². The molecule has 0 rings (SSSR count). The van der Waals surface area contributed by atoms with Gasteiger partial charge in [-0.25, -0.2) is 4.79 Å². The van der Waals surface area contributed by atoms with E-state index >= 15 is 0 Å². The van der Waals surface area contributed by atoms with Crippen molar-refractivity contribution in [1.82, 2.24) is 5.32 Å². The third-order valence-corrected chi connectivity index (χ3v) is 2.64. The van der Waals surface area contributed by atoms with E-state index in [4.69, 9.17) is 14.9 Å². The van der Waals surface area contributed by atoms with E-state index in [1.165, 1.54) is 14.0 Å². The standard InChI is InChI=1S/C14H22N2O6/c1-8(2)22-14(20)11(6-5-10(18)7-15)16-13(19)12(21-4)9(3)17/h7-8,11-12,15H,5-6H2,1-4H3,(H,16,19)/t11-,12+/m0/s1. The third kappa shape index (κ3) is 7.07. The van der Waals surface area contributed by atoms with Crippen LogP contribution in [-0.2, 0) is 28.7 Å². The van der Waals surface area contributed by atoms with Crippen molar-refractivity contribution in [2.45, 2.75) is 51.9 Å². The molecule has 0 radical (unpaired) electrons. The summed E-state index contributed by atoms with van der Waals surface area (Å²) < 4.78 is 9.77. The van der Waals surface area contributed by atoms with Gasteiger partial charge in [0.25, 0.3) is 5.91 Å². The molecule has 1 amide bonds. The molecule has 2 N–H and O–H groups in total. The molecule has 0 aromatic carbocycles. The van der Waals surface area contributed by atoms with Gasteiger partial charge in [0.15, 0.2) is 17.7 Å². The van der Waals surface area contributed by atoms with Gasteiger partial charge in [-0.2, -0.15) is 0 Å². The first kappa shape index (κ1) is 19.9. The molecule has 0 aliphatic rings. The van der Waals surface area contributed by atoms with Crippen LogP contribution >= 0.6 is 0 Å². The fraction of sp³-hybridized carbons (Fsp3) is 0.643. The van der Waals surface area contributed by atoms with Gasteiger partial charge in [0.05, 0.1) is 12.3 Å². The van der Waals surface area contributed by atoms with Crippen LogP contribution < -0.4 is 5.32 Å². The van der Waals surface area contributed by atoms with E-state index in [2.05, 4.69) is 5.32 Å². The number of hydrogen-bond donors (Lipinski definition) is 2. The maximum Gasteiger partial charge on any atom is 0.328 e. The van der Waals surface area contributed by atoms with E-state index < -0.39 is 41.7 Å². The Morgan fingerprint density at radius 1 is 1.23 bits per heavy atom. The second kappa shape index (κ2) is 9.78. The van der Waals surface area contributed by atoms with Crippen molar-refractivity contribution >= 4 is 29.7 Å². The van der Waals surface area contributed by atoms with E-state index in [9.17, 15) is 19.2 Å². The van der Waals surface area contributed by atoms with Crippen LogP contribution in [0.25, 0.3) is 0 Å². The quantitative estimate of drug-likeness (QED) is 0.333. The number of nitrogens with one attached hydrogen (secondary N) is 2. The highest BCUT2D eigenvalue weighted by Gasteiger charge is 2.29. The molecule has 0 saturated carbocycles. The predicted molar refractivity (Wildman–Crippen MR) is 77.7 cm³/mol. The Morgan fingerprint density at radius 3 is 2.23 bits per heavy atom. The summed E-state index contributed by atoms with van der Waals surface area (Å²) in [6.45, 7) is 4.48. The number of hydrogen-bond acceptors (Lipinski definition) is 7. The molecule has 8 heteroatoms. The van der Waals surface area contributed by atoms with Crippen LogP contribution in [0.4, 0.5) is 0 Å². The molecule has 0 aromatic rings. The summed E-state index contributed by atoms with van der Waals surface area (Å²) in [5, 5.41) is 9.17. The predicted octanol–water partition coefficient (Wildman–Crippen LogP) is 0.0257. The van der Waals surface area contributed by atoms with Gasteiger partial charge in [-0.15, -0.1) is 0 Å². The lowest BCUT2D eigenvalue weighted by molar-refractivity contribution is -0.154. The molecule has 0 bridgehead atoms. The number of rotatable bonds is 10. The zero-order valence-corrected chi connectivity index (χ0v) is 13.2. The fourth-order valence-electron chi connectivity index (χ4n) is 1.63. The highest BCUT2D eigenvalue weighted by atomic mass is 16.5. The number of esters is 1. The number of ketones is 2. The maximum atomic E-state index is 11.9. The molecule has 22 heavy (non-hydrogen) atoms. The van der Waals surface area contributed by atoms with Crippen molar-refractivity contribution in [2.24, 2.45) is 0 Å². The largest absolute Gasteiger partial charge is 0.461 e. The first-order valence-electron chi connectivity index (χ1n) is 6.80. The van der Waals surface area contributed by atoms with Crippen LogP contribution in [-0.4, -0.2) is 55.0 Å². The van der Waals surface area contributed by atoms with E-state index in [-0.39, 0.29) is 12.8 Å². The van der Waals surface area contributed by atoms with Crippen molar-refractivity contribution < 1.29 is 28.7 Å². The van der Waals surface area contributed by atoms with Gasteiger partial charge in [-0.05, 0) is 27.2 Å². The summed E-state index contributed by atoms with van der Waals surface area (Å²) >= 11 is 0. The zero-order valence-electron chi connectivity index (χ0n) is 13.2. The number of carbonyl (C=O) groups excluding carboxylic acids is 4. The molecule has 124 valence electrons. The number of Topliss-reactive ketones (excluding diaryl/α,β-unsaturated/α-hetero) is 2. The van der Waals surface area contributed by atoms with Gasteiger partial charge in [0.2, 0.25) is 0 Å². The van der Waals surface area contributed by atoms with E-state index in [1.54, 1.807) is 13.8 Å². The van der Waals surface area contributed by atoms with Gasteiger partial charge < -0.3 is 20.2 Å². The Balaban J connectivity index is 4.93. The molecule has 0 aliphatic heterocycles. The third-order valence-electron chi connectivity index (χ3n) is 2.64. The lowest BCUT2D eigenvalue weighted by Crippen LogP contribution is -2.49. The highest BCUT2D eigenvalue weighted by molar-refractivity contribution is 6.26. The minimum atomic E-state index is -1.33. The molecule has 2 atom stereocenters. The van der Waals surface area contributed by atoms with Gasteiger partial charge in [-0.3, -0.25) is 14.4 Å². The number of carbonyl (C=O) groups is 4. The van der Waals surface area contributed by atoms with Crippen LogP contribution in [0.5, 0.6) is 0 Å². The van der Waals surface area contributed by atoms with Gasteiger partial charge in [0, 0.05) is 13.5 Å². The molecule has 0 aliphatic carbocycles. The summed E-state index contributed by atoms with van der Waals surface area (Å²) in [6.07, 6.45) is -1.21. The SMILES string of the molecule is CO[C@H](C(C)=O)C(=O)N[C@@H](CCC(=O)C=N)C(=O)OC(C)C. The average molecular weight is 314 g/mol. The monoisotopic (exact) mass is 314 g/mol. The van der Waals surface area contributed by atoms with Crippen molar-refractivity contribution in [3.8, 4) is 0 Å². The minimum Gasteiger partial charge on any atom is -0.461 e. The minimum absolute atomic E-state index is 0.0279. The van der Waals surface area contributed by atoms with Crippen molar-refractivity contribution in [3.05, 3.63) is 0 Å². The molecule has 0 fully saturated rings. The summed E-state index contributed by atoms with van der Waals surface area (Å²) in [5.41, 5.74) is 0. The summed E-state index contributed by atoms with van der Waals surface area (Å²) in [4.78, 5) is 46.3. The van der Waals surface area contributed by atoms with Gasteiger partial charge in [0.1, 0.15) is 6.04 Å². The normalized spacial score (nSPS) is 13.1. The van der Waals surface area contributed by atoms with Crippen LogP contribution in [0.15, 0.2) is 0 Å². The number of methoxy groups -OCH3 is 1. The topological polar surface area (TPSA) is 123 Å². The highest BCUT2D eigenvalue weighted by Crippen LogP contribution is 2.05.